The lowest BCUT2D eigenvalue weighted by molar-refractivity contribution is 0.119. The summed E-state index contributed by atoms with van der Waals surface area (Å²) in [6, 6.07) is 4.28. The Hall–Kier alpha value is -0.580. The van der Waals surface area contributed by atoms with Crippen molar-refractivity contribution in [3.63, 3.8) is 0 Å². The van der Waals surface area contributed by atoms with Crippen LogP contribution in [0.5, 0.6) is 5.75 Å². The molecule has 1 heterocycles. The molecule has 1 aliphatic heterocycles. The van der Waals surface area contributed by atoms with E-state index in [0.717, 1.165) is 42.6 Å². The lowest BCUT2D eigenvalue weighted by atomic mass is 9.82. The highest BCUT2D eigenvalue weighted by atomic mass is 79.9. The molecule has 0 bridgehead atoms. The number of aliphatic hydroxyl groups excluding tert-OH is 1. The molecule has 0 spiro atoms. The van der Waals surface area contributed by atoms with Gasteiger partial charge in [-0.15, -0.1) is 0 Å². The van der Waals surface area contributed by atoms with Gasteiger partial charge in [-0.05, 0) is 30.5 Å². The van der Waals surface area contributed by atoms with Crippen molar-refractivity contribution in [2.45, 2.75) is 50.6 Å². The van der Waals surface area contributed by atoms with E-state index in [2.05, 4.69) is 33.4 Å². The summed E-state index contributed by atoms with van der Waals surface area (Å²) >= 11 is 3.58. The fourth-order valence-corrected chi connectivity index (χ4v) is 3.93. The standard InChI is InChI=1S/C16H22BrNO2/c17-14-8-12-4-7-20-15(12)13(9-14)10-18-16(11-19)5-2-1-3-6-16/h8-9,18-19H,1-7,10-11H2. The van der Waals surface area contributed by atoms with Crippen LogP contribution >= 0.6 is 15.9 Å². The third-order valence-corrected chi connectivity index (χ3v) is 5.05. The normalized spacial score (nSPS) is 20.5. The molecular weight excluding hydrogens is 318 g/mol. The zero-order valence-electron chi connectivity index (χ0n) is 11.8. The van der Waals surface area contributed by atoms with Gasteiger partial charge in [0.1, 0.15) is 5.75 Å². The van der Waals surface area contributed by atoms with Crippen LogP contribution in [0, 0.1) is 0 Å². The number of hydrogen-bond acceptors (Lipinski definition) is 3. The molecule has 2 N–H and O–H groups in total. The minimum atomic E-state index is -0.0912. The molecule has 0 unspecified atom stereocenters. The molecule has 3 nitrogen and oxygen atoms in total. The minimum absolute atomic E-state index is 0.0912. The van der Waals surface area contributed by atoms with Crippen molar-refractivity contribution in [1.29, 1.82) is 0 Å². The number of aliphatic hydroxyl groups is 1. The first-order valence-corrected chi connectivity index (χ1v) is 8.32. The van der Waals surface area contributed by atoms with E-state index < -0.39 is 0 Å². The zero-order chi connectivity index (χ0) is 14.0. The van der Waals surface area contributed by atoms with Gasteiger partial charge in [0.2, 0.25) is 0 Å². The van der Waals surface area contributed by atoms with Crippen molar-refractivity contribution in [2.75, 3.05) is 13.2 Å². The van der Waals surface area contributed by atoms with E-state index in [4.69, 9.17) is 4.74 Å². The van der Waals surface area contributed by atoms with Crippen LogP contribution in [0.25, 0.3) is 0 Å². The fourth-order valence-electron chi connectivity index (χ4n) is 3.38. The van der Waals surface area contributed by atoms with Gasteiger partial charge in [0.05, 0.1) is 13.2 Å². The van der Waals surface area contributed by atoms with Gasteiger partial charge in [0.15, 0.2) is 0 Å². The maximum atomic E-state index is 9.76. The molecule has 110 valence electrons. The second-order valence-corrected chi connectivity index (χ2v) is 6.92. The van der Waals surface area contributed by atoms with Crippen LogP contribution in [0.1, 0.15) is 43.2 Å². The summed E-state index contributed by atoms with van der Waals surface area (Å²) in [6.45, 7) is 1.77. The molecular formula is C16H22BrNO2. The van der Waals surface area contributed by atoms with Crippen LogP contribution in [0.15, 0.2) is 16.6 Å². The Bertz CT molecular complexity index is 484. The number of nitrogens with one attached hydrogen (secondary N) is 1. The first kappa shape index (κ1) is 14.4. The Kier molecular flexibility index (Phi) is 4.34. The molecule has 0 radical (unpaired) electrons. The van der Waals surface area contributed by atoms with Crippen molar-refractivity contribution >= 4 is 15.9 Å². The first-order valence-electron chi connectivity index (χ1n) is 7.52. The van der Waals surface area contributed by atoms with Crippen molar-refractivity contribution in [1.82, 2.24) is 5.32 Å². The molecule has 3 rings (SSSR count). The largest absolute Gasteiger partial charge is 0.493 e. The second kappa shape index (κ2) is 6.04. The van der Waals surface area contributed by atoms with E-state index in [1.54, 1.807) is 0 Å². The topological polar surface area (TPSA) is 41.5 Å². The average Bonchev–Trinajstić information content (AvgIpc) is 2.94. The Labute approximate surface area is 128 Å². The fraction of sp³-hybridized carbons (Fsp3) is 0.625. The predicted octanol–water partition coefficient (Wildman–Crippen LogP) is 3.17. The molecule has 1 aromatic rings. The number of halogens is 1. The summed E-state index contributed by atoms with van der Waals surface area (Å²) in [5.74, 6) is 1.05. The van der Waals surface area contributed by atoms with Crippen LogP contribution in [0.2, 0.25) is 0 Å². The Morgan fingerprint density at radius 1 is 1.25 bits per heavy atom. The van der Waals surface area contributed by atoms with Gasteiger partial charge in [0.25, 0.3) is 0 Å². The van der Waals surface area contributed by atoms with Crippen molar-refractivity contribution in [3.05, 3.63) is 27.7 Å². The molecule has 0 aromatic heterocycles. The molecule has 1 aromatic carbocycles. The van der Waals surface area contributed by atoms with E-state index in [1.807, 2.05) is 0 Å². The lowest BCUT2D eigenvalue weighted by Crippen LogP contribution is -2.49. The molecule has 4 heteroatoms. The summed E-state index contributed by atoms with van der Waals surface area (Å²) in [6.07, 6.45) is 6.84. The maximum absolute atomic E-state index is 9.76. The molecule has 20 heavy (non-hydrogen) atoms. The van der Waals surface area contributed by atoms with Gasteiger partial charge in [-0.25, -0.2) is 0 Å². The van der Waals surface area contributed by atoms with Crippen molar-refractivity contribution in [2.24, 2.45) is 0 Å². The smallest absolute Gasteiger partial charge is 0.127 e. The molecule has 1 fully saturated rings. The van der Waals surface area contributed by atoms with Gasteiger partial charge in [-0.3, -0.25) is 0 Å². The monoisotopic (exact) mass is 339 g/mol. The number of ether oxygens (including phenoxy) is 1. The Morgan fingerprint density at radius 2 is 2.05 bits per heavy atom. The third kappa shape index (κ3) is 2.87. The molecule has 2 aliphatic rings. The van der Waals surface area contributed by atoms with Crippen LogP contribution in [0.3, 0.4) is 0 Å². The van der Waals surface area contributed by atoms with Crippen molar-refractivity contribution in [3.8, 4) is 5.75 Å². The summed E-state index contributed by atoms with van der Waals surface area (Å²) in [5.41, 5.74) is 2.40. The van der Waals surface area contributed by atoms with Gasteiger partial charge < -0.3 is 15.2 Å². The third-order valence-electron chi connectivity index (χ3n) is 4.59. The van der Waals surface area contributed by atoms with E-state index >= 15 is 0 Å². The van der Waals surface area contributed by atoms with Gasteiger partial charge in [0, 0.05) is 28.5 Å². The highest BCUT2D eigenvalue weighted by Crippen LogP contribution is 2.34. The number of rotatable bonds is 4. The van der Waals surface area contributed by atoms with Gasteiger partial charge >= 0.3 is 0 Å². The number of hydrogen-bond donors (Lipinski definition) is 2. The molecule has 0 amide bonds. The first-order chi connectivity index (χ1) is 9.72. The van der Waals surface area contributed by atoms with Gasteiger partial charge in [-0.1, -0.05) is 35.2 Å². The number of fused-ring (bicyclic) bond motifs is 1. The van der Waals surface area contributed by atoms with Crippen LogP contribution < -0.4 is 10.1 Å². The number of benzene rings is 1. The summed E-state index contributed by atoms with van der Waals surface area (Å²) in [5, 5.41) is 13.4. The summed E-state index contributed by atoms with van der Waals surface area (Å²) in [4.78, 5) is 0. The van der Waals surface area contributed by atoms with Crippen LogP contribution in [0.4, 0.5) is 0 Å². The Balaban J connectivity index is 1.75. The van der Waals surface area contributed by atoms with E-state index in [-0.39, 0.29) is 12.1 Å². The summed E-state index contributed by atoms with van der Waals surface area (Å²) in [7, 11) is 0. The minimum Gasteiger partial charge on any atom is -0.493 e. The molecule has 0 saturated heterocycles. The van der Waals surface area contributed by atoms with Gasteiger partial charge in [-0.2, -0.15) is 0 Å². The lowest BCUT2D eigenvalue weighted by Gasteiger charge is -2.37. The van der Waals surface area contributed by atoms with E-state index in [0.29, 0.717) is 0 Å². The zero-order valence-corrected chi connectivity index (χ0v) is 13.3. The van der Waals surface area contributed by atoms with E-state index in [1.165, 1.54) is 30.4 Å². The molecule has 1 saturated carbocycles. The molecule has 1 aliphatic carbocycles. The quantitative estimate of drug-likeness (QED) is 0.885. The van der Waals surface area contributed by atoms with Crippen LogP contribution in [-0.4, -0.2) is 23.9 Å². The SMILES string of the molecule is OCC1(NCc2cc(Br)cc3c2OCC3)CCCCC1. The average molecular weight is 340 g/mol. The highest BCUT2D eigenvalue weighted by molar-refractivity contribution is 9.10. The highest BCUT2D eigenvalue weighted by Gasteiger charge is 2.31. The summed E-state index contributed by atoms with van der Waals surface area (Å²) < 4.78 is 6.88. The second-order valence-electron chi connectivity index (χ2n) is 6.00. The van der Waals surface area contributed by atoms with Crippen molar-refractivity contribution < 1.29 is 9.84 Å². The van der Waals surface area contributed by atoms with Crippen LogP contribution in [-0.2, 0) is 13.0 Å². The Morgan fingerprint density at radius 3 is 2.80 bits per heavy atom. The predicted molar refractivity (Wildman–Crippen MR) is 83.1 cm³/mol. The molecule has 0 atom stereocenters. The maximum Gasteiger partial charge on any atom is 0.127 e. The van der Waals surface area contributed by atoms with E-state index in [9.17, 15) is 5.11 Å².